The zero-order valence-electron chi connectivity index (χ0n) is 15.9. The van der Waals surface area contributed by atoms with Crippen LogP contribution in [0.2, 0.25) is 0 Å². The lowest BCUT2D eigenvalue weighted by Gasteiger charge is -2.52. The minimum absolute atomic E-state index is 0.0466. The van der Waals surface area contributed by atoms with Crippen LogP contribution in [0.15, 0.2) is 60.7 Å². The van der Waals surface area contributed by atoms with E-state index in [2.05, 4.69) is 5.32 Å². The number of halogens is 3. The van der Waals surface area contributed by atoms with Gasteiger partial charge in [0.15, 0.2) is 23.2 Å². The molecule has 0 bridgehead atoms. The maximum atomic E-state index is 14.0. The van der Waals surface area contributed by atoms with Crippen LogP contribution >= 0.6 is 0 Å². The molecular formula is C23H15F3N2O3. The number of piperazine rings is 1. The van der Waals surface area contributed by atoms with Gasteiger partial charge in [0, 0.05) is 12.5 Å². The van der Waals surface area contributed by atoms with E-state index in [9.17, 15) is 27.6 Å². The van der Waals surface area contributed by atoms with Crippen molar-refractivity contribution in [1.29, 1.82) is 0 Å². The van der Waals surface area contributed by atoms with Gasteiger partial charge in [-0.3, -0.25) is 14.4 Å². The molecule has 3 aliphatic rings. The van der Waals surface area contributed by atoms with Gasteiger partial charge in [0.2, 0.25) is 11.8 Å². The molecule has 1 saturated heterocycles. The van der Waals surface area contributed by atoms with Gasteiger partial charge < -0.3 is 10.2 Å². The van der Waals surface area contributed by atoms with Crippen LogP contribution in [0.3, 0.4) is 0 Å². The zero-order valence-corrected chi connectivity index (χ0v) is 15.9. The molecule has 1 aliphatic carbocycles. The molecule has 156 valence electrons. The number of hydrogen-bond acceptors (Lipinski definition) is 3. The van der Waals surface area contributed by atoms with Gasteiger partial charge in [0.25, 0.3) is 0 Å². The van der Waals surface area contributed by atoms with Gasteiger partial charge in [0.1, 0.15) is 11.6 Å². The summed E-state index contributed by atoms with van der Waals surface area (Å²) in [5.74, 6) is -6.06. The number of nitrogens with one attached hydrogen (secondary N) is 1. The second-order valence-electron chi connectivity index (χ2n) is 7.72. The number of amides is 2. The summed E-state index contributed by atoms with van der Waals surface area (Å²) in [7, 11) is 0. The minimum atomic E-state index is -1.66. The van der Waals surface area contributed by atoms with Crippen molar-refractivity contribution in [3.63, 3.8) is 0 Å². The third-order valence-corrected chi connectivity index (χ3v) is 6.02. The van der Waals surface area contributed by atoms with E-state index in [-0.39, 0.29) is 17.8 Å². The first-order valence-corrected chi connectivity index (χ1v) is 9.60. The molecule has 31 heavy (non-hydrogen) atoms. The van der Waals surface area contributed by atoms with Crippen molar-refractivity contribution < 1.29 is 27.6 Å². The SMILES string of the molecule is O=C1C=C[C@]23C(c4ccccc4)=CC(=O)N2[C@H](c2cc(F)c(F)c(F)c2)C(=O)N[C@@H]3C1. The second-order valence-corrected chi connectivity index (χ2v) is 7.72. The Hall–Kier alpha value is -3.68. The number of ketones is 1. The molecule has 0 aromatic heterocycles. The summed E-state index contributed by atoms with van der Waals surface area (Å²) in [4.78, 5) is 39.5. The fourth-order valence-corrected chi connectivity index (χ4v) is 4.74. The number of hydrogen-bond donors (Lipinski definition) is 1. The highest BCUT2D eigenvalue weighted by Crippen LogP contribution is 2.50. The molecular weight excluding hydrogens is 409 g/mol. The molecule has 2 aromatic rings. The van der Waals surface area contributed by atoms with E-state index in [1.54, 1.807) is 30.3 Å². The normalized spacial score (nSPS) is 27.0. The molecule has 1 spiro atoms. The Balaban J connectivity index is 1.73. The highest BCUT2D eigenvalue weighted by molar-refractivity contribution is 6.10. The second kappa shape index (κ2) is 6.66. The van der Waals surface area contributed by atoms with Crippen molar-refractivity contribution in [1.82, 2.24) is 10.2 Å². The van der Waals surface area contributed by atoms with Gasteiger partial charge >= 0.3 is 0 Å². The van der Waals surface area contributed by atoms with Crippen molar-refractivity contribution in [2.24, 2.45) is 0 Å². The average molecular weight is 424 g/mol. The Kier molecular flexibility index (Phi) is 4.15. The summed E-state index contributed by atoms with van der Waals surface area (Å²) in [6.45, 7) is 0. The topological polar surface area (TPSA) is 66.5 Å². The van der Waals surface area contributed by atoms with Crippen LogP contribution < -0.4 is 5.32 Å². The lowest BCUT2D eigenvalue weighted by molar-refractivity contribution is -0.147. The molecule has 5 nitrogen and oxygen atoms in total. The van der Waals surface area contributed by atoms with E-state index in [4.69, 9.17) is 0 Å². The van der Waals surface area contributed by atoms with E-state index in [1.807, 2.05) is 6.07 Å². The monoisotopic (exact) mass is 424 g/mol. The summed E-state index contributed by atoms with van der Waals surface area (Å²) >= 11 is 0. The summed E-state index contributed by atoms with van der Waals surface area (Å²) in [5, 5.41) is 2.75. The zero-order chi connectivity index (χ0) is 21.9. The number of carbonyl (C=O) groups excluding carboxylic acids is 3. The highest BCUT2D eigenvalue weighted by atomic mass is 19.2. The van der Waals surface area contributed by atoms with Gasteiger partial charge in [0.05, 0.1) is 6.04 Å². The first-order valence-electron chi connectivity index (χ1n) is 9.60. The Morgan fingerprint density at radius 2 is 1.68 bits per heavy atom. The lowest BCUT2D eigenvalue weighted by atomic mass is 9.72. The average Bonchev–Trinajstić information content (AvgIpc) is 3.04. The predicted octanol–water partition coefficient (Wildman–Crippen LogP) is 2.84. The van der Waals surface area contributed by atoms with E-state index in [0.29, 0.717) is 23.3 Å². The Bertz CT molecular complexity index is 1180. The van der Waals surface area contributed by atoms with Gasteiger partial charge in [-0.2, -0.15) is 0 Å². The van der Waals surface area contributed by atoms with Crippen molar-refractivity contribution in [2.45, 2.75) is 24.0 Å². The number of carbonyl (C=O) groups is 3. The first-order chi connectivity index (χ1) is 14.8. The minimum Gasteiger partial charge on any atom is -0.348 e. The molecule has 1 fully saturated rings. The fourth-order valence-electron chi connectivity index (χ4n) is 4.74. The van der Waals surface area contributed by atoms with E-state index >= 15 is 0 Å². The Morgan fingerprint density at radius 1 is 1.00 bits per heavy atom. The summed E-state index contributed by atoms with van der Waals surface area (Å²) < 4.78 is 41.5. The summed E-state index contributed by atoms with van der Waals surface area (Å²) in [6.07, 6.45) is 4.22. The molecule has 5 rings (SSSR count). The van der Waals surface area contributed by atoms with Gasteiger partial charge in [-0.15, -0.1) is 0 Å². The number of benzene rings is 2. The van der Waals surface area contributed by atoms with Crippen LogP contribution in [-0.4, -0.2) is 34.1 Å². The summed E-state index contributed by atoms with van der Waals surface area (Å²) in [5.41, 5.74) is -0.173. The van der Waals surface area contributed by atoms with Crippen molar-refractivity contribution in [2.75, 3.05) is 0 Å². The van der Waals surface area contributed by atoms with Crippen LogP contribution in [0, 0.1) is 17.5 Å². The lowest BCUT2D eigenvalue weighted by Crippen LogP contribution is -2.69. The molecule has 1 N–H and O–H groups in total. The third kappa shape index (κ3) is 2.67. The molecule has 0 unspecified atom stereocenters. The highest BCUT2D eigenvalue weighted by Gasteiger charge is 2.60. The molecule has 8 heteroatoms. The number of rotatable bonds is 2. The van der Waals surface area contributed by atoms with E-state index < -0.39 is 46.9 Å². The largest absolute Gasteiger partial charge is 0.348 e. The Labute approximate surface area is 174 Å². The molecule has 3 atom stereocenters. The van der Waals surface area contributed by atoms with Crippen LogP contribution in [0.4, 0.5) is 13.2 Å². The van der Waals surface area contributed by atoms with Crippen LogP contribution in [0.1, 0.15) is 23.6 Å². The molecule has 2 heterocycles. The van der Waals surface area contributed by atoms with Gasteiger partial charge in [-0.05, 0) is 41.0 Å². The fraction of sp³-hybridized carbons (Fsp3) is 0.174. The quantitative estimate of drug-likeness (QED) is 0.754. The summed E-state index contributed by atoms with van der Waals surface area (Å²) in [6, 6.07) is 8.22. The smallest absolute Gasteiger partial charge is 0.248 e. The Morgan fingerprint density at radius 3 is 2.35 bits per heavy atom. The standard InChI is InChI=1S/C23H15F3N2O3/c24-16-8-13(9-17(25)20(16)26)21-22(31)27-18-10-14(29)6-7-23(18)15(11-19(30)28(21)23)12-4-2-1-3-5-12/h1-9,11,18,21H,10H2,(H,27,31)/t18-,21-,23-/m1/s1. The molecule has 2 aromatic carbocycles. The van der Waals surface area contributed by atoms with Gasteiger partial charge in [-0.1, -0.05) is 30.3 Å². The molecule has 2 amide bonds. The van der Waals surface area contributed by atoms with E-state index in [0.717, 1.165) is 0 Å². The van der Waals surface area contributed by atoms with Crippen LogP contribution in [0.5, 0.6) is 0 Å². The molecule has 0 radical (unpaired) electrons. The third-order valence-electron chi connectivity index (χ3n) is 6.02. The molecule has 2 aliphatic heterocycles. The van der Waals surface area contributed by atoms with E-state index in [1.165, 1.54) is 17.1 Å². The first kappa shape index (κ1) is 19.3. The predicted molar refractivity (Wildman–Crippen MR) is 104 cm³/mol. The number of allylic oxidation sites excluding steroid dienone is 1. The van der Waals surface area contributed by atoms with Crippen LogP contribution in [-0.2, 0) is 14.4 Å². The maximum absolute atomic E-state index is 14.0. The number of nitrogens with zero attached hydrogens (tertiary/aromatic N) is 1. The maximum Gasteiger partial charge on any atom is 0.248 e. The molecule has 0 saturated carbocycles. The van der Waals surface area contributed by atoms with Gasteiger partial charge in [-0.25, -0.2) is 13.2 Å². The van der Waals surface area contributed by atoms with Crippen LogP contribution in [0.25, 0.3) is 5.57 Å². The van der Waals surface area contributed by atoms with Crippen molar-refractivity contribution in [3.8, 4) is 0 Å². The van der Waals surface area contributed by atoms with Crippen molar-refractivity contribution >= 4 is 23.2 Å². The van der Waals surface area contributed by atoms with Crippen molar-refractivity contribution in [3.05, 3.63) is 89.3 Å².